The van der Waals surface area contributed by atoms with E-state index in [1.807, 2.05) is 0 Å². The lowest BCUT2D eigenvalue weighted by atomic mass is 10.0. The lowest BCUT2D eigenvalue weighted by Gasteiger charge is -2.32. The van der Waals surface area contributed by atoms with Crippen molar-refractivity contribution in [3.63, 3.8) is 0 Å². The molecule has 120 valence electrons. The highest BCUT2D eigenvalue weighted by Gasteiger charge is 2.43. The first-order chi connectivity index (χ1) is 10.3. The number of carbonyl (C=O) groups excluding carboxylic acids is 2. The number of thiol groups is 1. The zero-order chi connectivity index (χ0) is 16.3. The number of piperidine rings is 1. The van der Waals surface area contributed by atoms with Crippen molar-refractivity contribution in [1.29, 1.82) is 0 Å². The lowest BCUT2D eigenvalue weighted by molar-refractivity contribution is -0.186. The van der Waals surface area contributed by atoms with Gasteiger partial charge in [0.05, 0.1) is 5.56 Å². The highest BCUT2D eigenvalue weighted by atomic mass is 32.1. The van der Waals surface area contributed by atoms with Gasteiger partial charge in [-0.3, -0.25) is 9.59 Å². The third-order valence-electron chi connectivity index (χ3n) is 3.51. The number of benzene rings is 1. The number of likely N-dealkylation sites (tertiary alicyclic amines) is 1. The van der Waals surface area contributed by atoms with Crippen LogP contribution in [0.25, 0.3) is 0 Å². The largest absolute Gasteiger partial charge is 0.471 e. The molecule has 0 spiro atoms. The predicted octanol–water partition coefficient (Wildman–Crippen LogP) is 2.26. The van der Waals surface area contributed by atoms with Crippen molar-refractivity contribution in [3.05, 3.63) is 29.8 Å². The Labute approximate surface area is 131 Å². The summed E-state index contributed by atoms with van der Waals surface area (Å²) >= 11 is 4.19. The number of rotatable bonds is 2. The summed E-state index contributed by atoms with van der Waals surface area (Å²) in [6.07, 6.45) is -4.26. The summed E-state index contributed by atoms with van der Waals surface area (Å²) in [5.41, 5.74) is 0.416. The molecule has 1 heterocycles. The second-order valence-electron chi connectivity index (χ2n) is 5.05. The molecule has 0 unspecified atom stereocenters. The maximum Gasteiger partial charge on any atom is 0.471 e. The number of nitrogens with zero attached hydrogens (tertiary/aromatic N) is 1. The lowest BCUT2D eigenvalue weighted by Crippen LogP contribution is -2.50. The second kappa shape index (κ2) is 6.60. The molecule has 22 heavy (non-hydrogen) atoms. The molecule has 1 fully saturated rings. The number of nitrogens with one attached hydrogen (secondary N) is 1. The molecule has 0 atom stereocenters. The van der Waals surface area contributed by atoms with Gasteiger partial charge >= 0.3 is 12.1 Å². The number of alkyl halides is 3. The summed E-state index contributed by atoms with van der Waals surface area (Å²) in [6.45, 7) is -0.0440. The monoisotopic (exact) mass is 332 g/mol. The minimum atomic E-state index is -4.85. The van der Waals surface area contributed by atoms with E-state index in [-0.39, 0.29) is 25.0 Å². The molecular formula is C14H15F3N2O2S. The zero-order valence-electron chi connectivity index (χ0n) is 11.6. The maximum absolute atomic E-state index is 12.3. The van der Waals surface area contributed by atoms with Crippen LogP contribution < -0.4 is 5.32 Å². The van der Waals surface area contributed by atoms with Crippen LogP contribution in [0.5, 0.6) is 0 Å². The molecule has 0 aromatic heterocycles. The highest BCUT2D eigenvalue weighted by molar-refractivity contribution is 7.80. The van der Waals surface area contributed by atoms with Gasteiger partial charge in [0.25, 0.3) is 5.91 Å². The Morgan fingerprint density at radius 2 is 1.77 bits per heavy atom. The van der Waals surface area contributed by atoms with Crippen LogP contribution in [0, 0.1) is 0 Å². The van der Waals surface area contributed by atoms with Crippen molar-refractivity contribution in [1.82, 2.24) is 10.2 Å². The van der Waals surface area contributed by atoms with Crippen LogP contribution in [0.4, 0.5) is 13.2 Å². The summed E-state index contributed by atoms with van der Waals surface area (Å²) in [4.78, 5) is 24.5. The molecule has 0 bridgehead atoms. The Morgan fingerprint density at radius 1 is 1.18 bits per heavy atom. The second-order valence-corrected chi connectivity index (χ2v) is 5.54. The van der Waals surface area contributed by atoms with Gasteiger partial charge in [-0.2, -0.15) is 13.2 Å². The van der Waals surface area contributed by atoms with Crippen LogP contribution in [0.1, 0.15) is 23.2 Å². The van der Waals surface area contributed by atoms with Crippen LogP contribution in [0.3, 0.4) is 0 Å². The molecule has 0 radical (unpaired) electrons. The maximum atomic E-state index is 12.3. The van der Waals surface area contributed by atoms with Crippen LogP contribution in [-0.4, -0.2) is 42.0 Å². The first-order valence-electron chi connectivity index (χ1n) is 6.74. The van der Waals surface area contributed by atoms with E-state index in [2.05, 4.69) is 17.9 Å². The molecule has 0 aliphatic carbocycles. The van der Waals surface area contributed by atoms with Crippen LogP contribution in [0.15, 0.2) is 29.2 Å². The van der Waals surface area contributed by atoms with Crippen molar-refractivity contribution >= 4 is 24.4 Å². The molecule has 1 aliphatic heterocycles. The molecule has 1 aliphatic rings. The Balaban J connectivity index is 1.89. The molecule has 4 nitrogen and oxygen atoms in total. The topological polar surface area (TPSA) is 49.4 Å². The third-order valence-corrected chi connectivity index (χ3v) is 3.90. The van der Waals surface area contributed by atoms with Gasteiger partial charge in [-0.25, -0.2) is 0 Å². The van der Waals surface area contributed by atoms with Gasteiger partial charge in [-0.05, 0) is 25.0 Å². The quantitative estimate of drug-likeness (QED) is 0.816. The summed E-state index contributed by atoms with van der Waals surface area (Å²) in [5, 5.41) is 2.77. The fourth-order valence-electron chi connectivity index (χ4n) is 2.33. The van der Waals surface area contributed by atoms with E-state index in [1.54, 1.807) is 24.3 Å². The van der Waals surface area contributed by atoms with Crippen molar-refractivity contribution in [2.75, 3.05) is 13.1 Å². The number of amides is 2. The average molecular weight is 332 g/mol. The fourth-order valence-corrected chi connectivity index (χ4v) is 2.60. The van der Waals surface area contributed by atoms with Crippen LogP contribution >= 0.6 is 12.6 Å². The number of carbonyl (C=O) groups is 2. The molecule has 1 saturated heterocycles. The minimum absolute atomic E-state index is 0.0220. The highest BCUT2D eigenvalue weighted by Crippen LogP contribution is 2.22. The molecule has 8 heteroatoms. The Morgan fingerprint density at radius 3 is 2.32 bits per heavy atom. The number of hydrogen-bond acceptors (Lipinski definition) is 3. The van der Waals surface area contributed by atoms with Gasteiger partial charge in [0.1, 0.15) is 0 Å². The average Bonchev–Trinajstić information content (AvgIpc) is 2.46. The van der Waals surface area contributed by atoms with E-state index in [1.165, 1.54) is 0 Å². The Hall–Kier alpha value is -1.70. The normalized spacial score (nSPS) is 16.5. The molecule has 1 aromatic carbocycles. The smallest absolute Gasteiger partial charge is 0.349 e. The van der Waals surface area contributed by atoms with Crippen molar-refractivity contribution in [2.24, 2.45) is 0 Å². The SMILES string of the molecule is O=C(NC1CCN(C(=O)C(F)(F)F)CC1)c1ccccc1S. The molecule has 2 amide bonds. The third kappa shape index (κ3) is 3.94. The van der Waals surface area contributed by atoms with Gasteiger partial charge in [-0.1, -0.05) is 12.1 Å². The van der Waals surface area contributed by atoms with Crippen molar-refractivity contribution < 1.29 is 22.8 Å². The van der Waals surface area contributed by atoms with Gasteiger partial charge < -0.3 is 10.2 Å². The molecule has 2 rings (SSSR count). The molecule has 1 aromatic rings. The van der Waals surface area contributed by atoms with Gasteiger partial charge in [0.2, 0.25) is 0 Å². The standard InChI is InChI=1S/C14H15F3N2O2S/c15-14(16,17)13(21)19-7-5-9(6-8-19)18-12(20)10-3-1-2-4-11(10)22/h1-4,9,22H,5-8H2,(H,18,20). The number of halogens is 3. The van der Waals surface area contributed by atoms with E-state index < -0.39 is 12.1 Å². The summed E-state index contributed by atoms with van der Waals surface area (Å²) in [5.74, 6) is -2.14. The minimum Gasteiger partial charge on any atom is -0.349 e. The van der Waals surface area contributed by atoms with E-state index >= 15 is 0 Å². The van der Waals surface area contributed by atoms with E-state index in [4.69, 9.17) is 0 Å². The van der Waals surface area contributed by atoms with Crippen molar-refractivity contribution in [2.45, 2.75) is 30.0 Å². The summed E-state index contributed by atoms with van der Waals surface area (Å²) in [6, 6.07) is 6.51. The van der Waals surface area contributed by atoms with Gasteiger partial charge in [-0.15, -0.1) is 12.6 Å². The zero-order valence-corrected chi connectivity index (χ0v) is 12.5. The van der Waals surface area contributed by atoms with Crippen LogP contribution in [0.2, 0.25) is 0 Å². The van der Waals surface area contributed by atoms with Gasteiger partial charge in [0.15, 0.2) is 0 Å². The molecular weight excluding hydrogens is 317 g/mol. The van der Waals surface area contributed by atoms with E-state index in [9.17, 15) is 22.8 Å². The summed E-state index contributed by atoms with van der Waals surface area (Å²) in [7, 11) is 0. The van der Waals surface area contributed by atoms with Crippen molar-refractivity contribution in [3.8, 4) is 0 Å². The van der Waals surface area contributed by atoms with Gasteiger partial charge in [0, 0.05) is 24.0 Å². The Bertz CT molecular complexity index is 569. The van der Waals surface area contributed by atoms with Crippen LogP contribution in [-0.2, 0) is 4.79 Å². The molecule has 1 N–H and O–H groups in total. The first-order valence-corrected chi connectivity index (χ1v) is 7.18. The van der Waals surface area contributed by atoms with E-state index in [0.717, 1.165) is 4.90 Å². The Kier molecular flexibility index (Phi) is 5.00. The number of hydrogen-bond donors (Lipinski definition) is 2. The summed E-state index contributed by atoms with van der Waals surface area (Å²) < 4.78 is 37.0. The van der Waals surface area contributed by atoms with E-state index in [0.29, 0.717) is 23.3 Å². The predicted molar refractivity (Wildman–Crippen MR) is 76.8 cm³/mol. The first kappa shape index (κ1) is 16.7. The fraction of sp³-hybridized carbons (Fsp3) is 0.429. The molecule has 0 saturated carbocycles.